The maximum atomic E-state index is 6.42. The molecule has 0 amide bonds. The molecule has 0 aromatic heterocycles. The van der Waals surface area contributed by atoms with Gasteiger partial charge in [-0.15, -0.1) is 0 Å². The molecule has 0 aromatic carbocycles. The molecule has 0 bridgehead atoms. The largest absolute Gasteiger partial charge is 0.326 e. The standard InChI is InChI=1S/C19H40N4/c20-16-11-7-3-1-5-9-13-18(16)22-15-23-19-14-10-6-2-4-8-12-17(19)21/h16-19,22-23H,1-15,20-21H2. The van der Waals surface area contributed by atoms with E-state index in [9.17, 15) is 0 Å². The molecule has 6 N–H and O–H groups in total. The van der Waals surface area contributed by atoms with Gasteiger partial charge in [0, 0.05) is 30.8 Å². The van der Waals surface area contributed by atoms with Gasteiger partial charge in [-0.05, 0) is 25.7 Å². The predicted octanol–water partition coefficient (Wildman–Crippen LogP) is 3.00. The van der Waals surface area contributed by atoms with Crippen LogP contribution in [0.3, 0.4) is 0 Å². The number of nitrogens with one attached hydrogen (secondary N) is 2. The fourth-order valence-corrected chi connectivity index (χ4v) is 4.21. The lowest BCUT2D eigenvalue weighted by Crippen LogP contribution is -2.52. The van der Waals surface area contributed by atoms with Gasteiger partial charge >= 0.3 is 0 Å². The summed E-state index contributed by atoms with van der Waals surface area (Å²) in [6.45, 7) is 0.858. The van der Waals surface area contributed by atoms with Crippen LogP contribution in [0.15, 0.2) is 0 Å². The molecule has 2 aliphatic rings. The van der Waals surface area contributed by atoms with Gasteiger partial charge in [-0.1, -0.05) is 64.2 Å². The van der Waals surface area contributed by atoms with Crippen molar-refractivity contribution in [1.82, 2.24) is 10.6 Å². The van der Waals surface area contributed by atoms with Gasteiger partial charge in [0.25, 0.3) is 0 Å². The van der Waals surface area contributed by atoms with Gasteiger partial charge < -0.3 is 22.1 Å². The molecule has 2 rings (SSSR count). The zero-order chi connectivity index (χ0) is 16.3. The Morgan fingerprint density at radius 2 is 0.870 bits per heavy atom. The SMILES string of the molecule is NC1CCCCCCCC1NCNC1CCCCCCCC1N. The van der Waals surface area contributed by atoms with Gasteiger partial charge in [0.15, 0.2) is 0 Å². The summed E-state index contributed by atoms with van der Waals surface area (Å²) >= 11 is 0. The van der Waals surface area contributed by atoms with E-state index >= 15 is 0 Å². The van der Waals surface area contributed by atoms with E-state index in [1.807, 2.05) is 0 Å². The molecule has 0 radical (unpaired) electrons. The Hall–Kier alpha value is -0.160. The van der Waals surface area contributed by atoms with E-state index in [2.05, 4.69) is 10.6 Å². The molecule has 0 heterocycles. The first kappa shape index (κ1) is 19.2. The zero-order valence-corrected chi connectivity index (χ0v) is 15.1. The third kappa shape index (κ3) is 7.51. The molecule has 4 heteroatoms. The van der Waals surface area contributed by atoms with E-state index in [4.69, 9.17) is 11.5 Å². The van der Waals surface area contributed by atoms with Crippen molar-refractivity contribution >= 4 is 0 Å². The van der Waals surface area contributed by atoms with Crippen molar-refractivity contribution in [3.8, 4) is 0 Å². The average molecular weight is 325 g/mol. The maximum Gasteiger partial charge on any atom is 0.0459 e. The van der Waals surface area contributed by atoms with Crippen LogP contribution in [-0.4, -0.2) is 30.8 Å². The lowest BCUT2D eigenvalue weighted by Gasteiger charge is -2.28. The second-order valence-electron chi connectivity index (χ2n) is 7.82. The minimum Gasteiger partial charge on any atom is -0.326 e. The molecular weight excluding hydrogens is 284 g/mol. The molecule has 0 saturated heterocycles. The normalized spacial score (nSPS) is 35.2. The quantitative estimate of drug-likeness (QED) is 0.600. The summed E-state index contributed by atoms with van der Waals surface area (Å²) in [4.78, 5) is 0. The monoisotopic (exact) mass is 324 g/mol. The summed E-state index contributed by atoms with van der Waals surface area (Å²) in [5, 5.41) is 7.39. The maximum absolute atomic E-state index is 6.42. The fraction of sp³-hybridized carbons (Fsp3) is 1.00. The van der Waals surface area contributed by atoms with Crippen molar-refractivity contribution in [2.24, 2.45) is 11.5 Å². The topological polar surface area (TPSA) is 76.1 Å². The Labute approximate surface area is 143 Å². The van der Waals surface area contributed by atoms with E-state index in [0.717, 1.165) is 6.67 Å². The van der Waals surface area contributed by atoms with Crippen LogP contribution in [0, 0.1) is 0 Å². The summed E-state index contributed by atoms with van der Waals surface area (Å²) in [7, 11) is 0. The molecule has 0 aromatic rings. The van der Waals surface area contributed by atoms with Crippen LogP contribution in [0.2, 0.25) is 0 Å². The molecule has 136 valence electrons. The van der Waals surface area contributed by atoms with Gasteiger partial charge in [-0.25, -0.2) is 0 Å². The molecule has 4 unspecified atom stereocenters. The zero-order valence-electron chi connectivity index (χ0n) is 15.1. The summed E-state index contributed by atoms with van der Waals surface area (Å²) in [6, 6.07) is 1.55. The molecule has 0 aliphatic heterocycles. The Morgan fingerprint density at radius 1 is 0.522 bits per heavy atom. The van der Waals surface area contributed by atoms with Crippen molar-refractivity contribution in [2.75, 3.05) is 6.67 Å². The Balaban J connectivity index is 1.73. The molecule has 2 aliphatic carbocycles. The summed E-state index contributed by atoms with van der Waals surface area (Å²) < 4.78 is 0. The first-order valence-electron chi connectivity index (χ1n) is 10.3. The third-order valence-corrected chi connectivity index (χ3v) is 5.87. The van der Waals surface area contributed by atoms with Crippen LogP contribution >= 0.6 is 0 Å². The van der Waals surface area contributed by atoms with Crippen molar-refractivity contribution in [1.29, 1.82) is 0 Å². The number of hydrogen-bond acceptors (Lipinski definition) is 4. The van der Waals surface area contributed by atoms with Crippen molar-refractivity contribution < 1.29 is 0 Å². The van der Waals surface area contributed by atoms with Gasteiger partial charge in [0.05, 0.1) is 0 Å². The number of nitrogens with two attached hydrogens (primary N) is 2. The first-order valence-corrected chi connectivity index (χ1v) is 10.3. The smallest absolute Gasteiger partial charge is 0.0459 e. The lowest BCUT2D eigenvalue weighted by atomic mass is 9.99. The van der Waals surface area contributed by atoms with E-state index in [1.165, 1.54) is 89.9 Å². The van der Waals surface area contributed by atoms with Crippen LogP contribution in [0.1, 0.15) is 89.9 Å². The van der Waals surface area contributed by atoms with Crippen molar-refractivity contribution in [3.63, 3.8) is 0 Å². The van der Waals surface area contributed by atoms with Crippen LogP contribution in [0.5, 0.6) is 0 Å². The molecule has 4 nitrogen and oxygen atoms in total. The molecule has 23 heavy (non-hydrogen) atoms. The van der Waals surface area contributed by atoms with E-state index < -0.39 is 0 Å². The number of hydrogen-bond donors (Lipinski definition) is 4. The van der Waals surface area contributed by atoms with Crippen LogP contribution in [0.25, 0.3) is 0 Å². The second kappa shape index (κ2) is 11.4. The fourth-order valence-electron chi connectivity index (χ4n) is 4.21. The van der Waals surface area contributed by atoms with Gasteiger partial charge in [0.2, 0.25) is 0 Å². The highest BCUT2D eigenvalue weighted by molar-refractivity contribution is 4.83. The average Bonchev–Trinajstić information content (AvgIpc) is 2.71. The Kier molecular flexibility index (Phi) is 9.50. The van der Waals surface area contributed by atoms with Crippen molar-refractivity contribution in [3.05, 3.63) is 0 Å². The van der Waals surface area contributed by atoms with E-state index in [-0.39, 0.29) is 0 Å². The Morgan fingerprint density at radius 3 is 1.30 bits per heavy atom. The summed E-state index contributed by atoms with van der Waals surface area (Å²) in [6.07, 6.45) is 18.2. The minimum absolute atomic E-state index is 0.309. The minimum atomic E-state index is 0.309. The lowest BCUT2D eigenvalue weighted by molar-refractivity contribution is 0.329. The van der Waals surface area contributed by atoms with Crippen molar-refractivity contribution in [2.45, 2.75) is 114 Å². The highest BCUT2D eigenvalue weighted by atomic mass is 15.1. The highest BCUT2D eigenvalue weighted by Crippen LogP contribution is 2.18. The van der Waals surface area contributed by atoms with Crippen LogP contribution in [-0.2, 0) is 0 Å². The van der Waals surface area contributed by atoms with Gasteiger partial charge in [0.1, 0.15) is 0 Å². The van der Waals surface area contributed by atoms with Crippen LogP contribution < -0.4 is 22.1 Å². The molecule has 4 atom stereocenters. The molecular formula is C19H40N4. The van der Waals surface area contributed by atoms with E-state index in [0.29, 0.717) is 24.2 Å². The highest BCUT2D eigenvalue weighted by Gasteiger charge is 2.21. The number of rotatable bonds is 4. The van der Waals surface area contributed by atoms with Crippen LogP contribution in [0.4, 0.5) is 0 Å². The molecule has 0 spiro atoms. The molecule has 2 saturated carbocycles. The first-order chi connectivity index (χ1) is 11.3. The van der Waals surface area contributed by atoms with E-state index in [1.54, 1.807) is 0 Å². The second-order valence-corrected chi connectivity index (χ2v) is 7.82. The Bertz CT molecular complexity index is 269. The predicted molar refractivity (Wildman–Crippen MR) is 99.3 cm³/mol. The summed E-state index contributed by atoms with van der Waals surface area (Å²) in [5.41, 5.74) is 12.8. The van der Waals surface area contributed by atoms with Gasteiger partial charge in [-0.2, -0.15) is 0 Å². The third-order valence-electron chi connectivity index (χ3n) is 5.87. The molecule has 2 fully saturated rings. The summed E-state index contributed by atoms with van der Waals surface area (Å²) in [5.74, 6) is 0. The van der Waals surface area contributed by atoms with Gasteiger partial charge in [-0.3, -0.25) is 0 Å².